The van der Waals surface area contributed by atoms with Crippen LogP contribution in [-0.4, -0.2) is 21.9 Å². The van der Waals surface area contributed by atoms with Crippen molar-refractivity contribution < 1.29 is 4.79 Å². The number of hydrogen-bond acceptors (Lipinski definition) is 4. The Bertz CT molecular complexity index is 1070. The molecule has 1 aliphatic carbocycles. The Labute approximate surface area is 169 Å². The maximum absolute atomic E-state index is 12.4. The molecule has 0 radical (unpaired) electrons. The van der Waals surface area contributed by atoms with Gasteiger partial charge in [-0.15, -0.1) is 11.3 Å². The summed E-state index contributed by atoms with van der Waals surface area (Å²) in [7, 11) is 0. The molecule has 1 amide bonds. The Hall–Kier alpha value is -1.89. The Kier molecular flexibility index (Phi) is 5.21. The Balaban J connectivity index is 1.61. The lowest BCUT2D eigenvalue weighted by molar-refractivity contribution is -0.121. The van der Waals surface area contributed by atoms with Crippen molar-refractivity contribution in [3.63, 3.8) is 0 Å². The van der Waals surface area contributed by atoms with Gasteiger partial charge in [-0.05, 0) is 31.0 Å². The van der Waals surface area contributed by atoms with Crippen molar-refractivity contribution in [3.8, 4) is 10.4 Å². The van der Waals surface area contributed by atoms with Crippen LogP contribution in [0.5, 0.6) is 0 Å². The Morgan fingerprint density at radius 1 is 1.26 bits per heavy atom. The van der Waals surface area contributed by atoms with E-state index in [1.165, 1.54) is 11.3 Å². The fraction of sp³-hybridized carbons (Fsp3) is 0.316. The molecule has 0 spiro atoms. The van der Waals surface area contributed by atoms with Gasteiger partial charge in [-0.2, -0.15) is 0 Å². The van der Waals surface area contributed by atoms with Crippen molar-refractivity contribution in [3.05, 3.63) is 50.5 Å². The van der Waals surface area contributed by atoms with Gasteiger partial charge in [0.25, 0.3) is 5.56 Å². The molecule has 1 aromatic carbocycles. The summed E-state index contributed by atoms with van der Waals surface area (Å²) in [6.07, 6.45) is 4.40. The number of thiophene rings is 1. The number of benzene rings is 1. The third-order valence-corrected chi connectivity index (χ3v) is 6.38. The number of carbonyl (C=O) groups is 1. The molecule has 0 saturated heterocycles. The second-order valence-corrected chi connectivity index (χ2v) is 8.58. The van der Waals surface area contributed by atoms with Crippen molar-refractivity contribution >= 4 is 50.7 Å². The van der Waals surface area contributed by atoms with Gasteiger partial charge in [0, 0.05) is 21.5 Å². The van der Waals surface area contributed by atoms with Gasteiger partial charge in [0.15, 0.2) is 0 Å². The molecule has 2 aromatic heterocycles. The van der Waals surface area contributed by atoms with E-state index < -0.39 is 0 Å². The minimum atomic E-state index is -0.245. The smallest absolute Gasteiger partial charge is 0.268 e. The van der Waals surface area contributed by atoms with Gasteiger partial charge < -0.3 is 10.3 Å². The van der Waals surface area contributed by atoms with E-state index in [2.05, 4.69) is 15.3 Å². The first-order valence-corrected chi connectivity index (χ1v) is 10.3. The second-order valence-electron chi connectivity index (χ2n) is 6.69. The summed E-state index contributed by atoms with van der Waals surface area (Å²) in [4.78, 5) is 32.7. The van der Waals surface area contributed by atoms with Crippen LogP contribution in [0.4, 0.5) is 0 Å². The first-order chi connectivity index (χ1) is 13.0. The first-order valence-electron chi connectivity index (χ1n) is 8.77. The van der Waals surface area contributed by atoms with E-state index in [0.717, 1.165) is 36.1 Å². The highest BCUT2D eigenvalue weighted by atomic mass is 35.5. The highest BCUT2D eigenvalue weighted by Crippen LogP contribution is 2.36. The molecule has 140 valence electrons. The van der Waals surface area contributed by atoms with Gasteiger partial charge in [-0.1, -0.05) is 42.1 Å². The highest BCUT2D eigenvalue weighted by Gasteiger charge is 2.18. The van der Waals surface area contributed by atoms with Gasteiger partial charge in [-0.3, -0.25) is 9.59 Å². The van der Waals surface area contributed by atoms with Gasteiger partial charge in [0.2, 0.25) is 5.91 Å². The quantitative estimate of drug-likeness (QED) is 0.647. The number of aromatic amines is 1. The van der Waals surface area contributed by atoms with E-state index >= 15 is 0 Å². The average molecular weight is 422 g/mol. The molecule has 27 heavy (non-hydrogen) atoms. The summed E-state index contributed by atoms with van der Waals surface area (Å²) < 4.78 is 0.510. The molecule has 0 aliphatic heterocycles. The zero-order chi connectivity index (χ0) is 19.0. The van der Waals surface area contributed by atoms with Crippen LogP contribution in [0.3, 0.4) is 0 Å². The van der Waals surface area contributed by atoms with Crippen molar-refractivity contribution in [1.29, 1.82) is 0 Å². The van der Waals surface area contributed by atoms with E-state index in [1.54, 1.807) is 12.1 Å². The zero-order valence-electron chi connectivity index (χ0n) is 14.4. The molecule has 2 heterocycles. The molecule has 0 unspecified atom stereocenters. The van der Waals surface area contributed by atoms with E-state index in [9.17, 15) is 9.59 Å². The largest absolute Gasteiger partial charge is 0.353 e. The Morgan fingerprint density at radius 3 is 2.78 bits per heavy atom. The number of fused-ring (bicyclic) bond motifs is 1. The molecule has 5 nitrogen and oxygen atoms in total. The maximum atomic E-state index is 12.4. The minimum absolute atomic E-state index is 0.0640. The lowest BCUT2D eigenvalue weighted by Gasteiger charge is -2.11. The predicted molar refractivity (Wildman–Crippen MR) is 110 cm³/mol. The number of nitrogens with zero attached hydrogens (tertiary/aromatic N) is 1. The SMILES string of the molecule is O=C(Cc1nc2cc(-c3ccc(Cl)cc3Cl)sc2c(=O)[nH]1)NC1CCCC1. The van der Waals surface area contributed by atoms with Crippen LogP contribution >= 0.6 is 34.5 Å². The van der Waals surface area contributed by atoms with Crippen LogP contribution in [0.25, 0.3) is 20.7 Å². The van der Waals surface area contributed by atoms with Crippen molar-refractivity contribution in [2.24, 2.45) is 0 Å². The van der Waals surface area contributed by atoms with Crippen molar-refractivity contribution in [1.82, 2.24) is 15.3 Å². The molecule has 2 N–H and O–H groups in total. The van der Waals surface area contributed by atoms with Gasteiger partial charge in [-0.25, -0.2) is 4.98 Å². The molecular weight excluding hydrogens is 405 g/mol. The third-order valence-electron chi connectivity index (χ3n) is 4.68. The molecule has 1 aliphatic rings. The number of H-pyrrole nitrogens is 1. The van der Waals surface area contributed by atoms with Crippen molar-refractivity contribution in [2.45, 2.75) is 38.1 Å². The normalized spacial score (nSPS) is 14.7. The number of amides is 1. The van der Waals surface area contributed by atoms with Crippen LogP contribution in [0, 0.1) is 0 Å². The van der Waals surface area contributed by atoms with E-state index in [0.29, 0.717) is 26.1 Å². The maximum Gasteiger partial charge on any atom is 0.268 e. The predicted octanol–water partition coefficient (Wildman–Crippen LogP) is 4.56. The second kappa shape index (κ2) is 7.62. The topological polar surface area (TPSA) is 74.8 Å². The van der Waals surface area contributed by atoms with E-state index in [4.69, 9.17) is 23.2 Å². The zero-order valence-corrected chi connectivity index (χ0v) is 16.7. The van der Waals surface area contributed by atoms with Gasteiger partial charge in [0.05, 0.1) is 17.0 Å². The van der Waals surface area contributed by atoms with E-state index in [-0.39, 0.29) is 23.9 Å². The number of nitrogens with one attached hydrogen (secondary N) is 2. The van der Waals surface area contributed by atoms with Gasteiger partial charge in [0.1, 0.15) is 10.5 Å². The molecular formula is C19H17Cl2N3O2S. The monoisotopic (exact) mass is 421 g/mol. The summed E-state index contributed by atoms with van der Waals surface area (Å²) in [6, 6.07) is 7.30. The van der Waals surface area contributed by atoms with Crippen LogP contribution in [0.2, 0.25) is 10.0 Å². The number of hydrogen-bond donors (Lipinski definition) is 2. The number of carbonyl (C=O) groups excluding carboxylic acids is 1. The fourth-order valence-electron chi connectivity index (χ4n) is 3.39. The average Bonchev–Trinajstić information content (AvgIpc) is 3.24. The highest BCUT2D eigenvalue weighted by molar-refractivity contribution is 7.22. The van der Waals surface area contributed by atoms with Crippen LogP contribution < -0.4 is 10.9 Å². The molecule has 4 rings (SSSR count). The van der Waals surface area contributed by atoms with Crippen LogP contribution in [0.1, 0.15) is 31.5 Å². The van der Waals surface area contributed by atoms with Crippen LogP contribution in [-0.2, 0) is 11.2 Å². The van der Waals surface area contributed by atoms with Crippen LogP contribution in [0.15, 0.2) is 29.1 Å². The molecule has 1 fully saturated rings. The standard InChI is InChI=1S/C19H17Cl2N3O2S/c20-10-5-6-12(13(21)7-10)15-8-14-18(27-15)19(26)24-16(23-14)9-17(25)22-11-3-1-2-4-11/h5-8,11H,1-4,9H2,(H,22,25)(H,23,24,26). The van der Waals surface area contributed by atoms with Crippen molar-refractivity contribution in [2.75, 3.05) is 0 Å². The molecule has 0 bridgehead atoms. The summed E-state index contributed by atoms with van der Waals surface area (Å²) in [5.74, 6) is 0.259. The first kappa shape index (κ1) is 18.5. The summed E-state index contributed by atoms with van der Waals surface area (Å²) in [5.41, 5.74) is 1.11. The van der Waals surface area contributed by atoms with E-state index in [1.807, 2.05) is 12.1 Å². The molecule has 8 heteroatoms. The summed E-state index contributed by atoms with van der Waals surface area (Å²) >= 11 is 13.5. The lowest BCUT2D eigenvalue weighted by Crippen LogP contribution is -2.34. The number of aromatic nitrogens is 2. The number of rotatable bonds is 4. The summed E-state index contributed by atoms with van der Waals surface area (Å²) in [6.45, 7) is 0. The lowest BCUT2D eigenvalue weighted by atomic mass is 10.2. The molecule has 1 saturated carbocycles. The Morgan fingerprint density at radius 2 is 2.04 bits per heavy atom. The molecule has 0 atom stereocenters. The fourth-order valence-corrected chi connectivity index (χ4v) is 4.99. The minimum Gasteiger partial charge on any atom is -0.353 e. The molecule has 3 aromatic rings. The van der Waals surface area contributed by atoms with Gasteiger partial charge >= 0.3 is 0 Å². The number of halogens is 2. The third kappa shape index (κ3) is 4.03. The summed E-state index contributed by atoms with van der Waals surface area (Å²) in [5, 5.41) is 4.08.